The van der Waals surface area contributed by atoms with Gasteiger partial charge in [0, 0.05) is 23.7 Å². The molecule has 6 nitrogen and oxygen atoms in total. The first kappa shape index (κ1) is 19.9. The van der Waals surface area contributed by atoms with Crippen molar-refractivity contribution < 1.29 is 9.53 Å². The lowest BCUT2D eigenvalue weighted by atomic mass is 9.97. The van der Waals surface area contributed by atoms with Gasteiger partial charge in [-0.2, -0.15) is 0 Å². The number of nitrogens with one attached hydrogen (secondary N) is 1. The molecule has 0 aliphatic carbocycles. The second-order valence-corrected chi connectivity index (χ2v) is 8.63. The fraction of sp³-hybridized carbons (Fsp3) is 0.381. The number of piperidine rings is 1. The van der Waals surface area contributed by atoms with Crippen LogP contribution in [0.4, 0.5) is 11.5 Å². The van der Waals surface area contributed by atoms with Crippen molar-refractivity contribution in [3.8, 4) is 5.75 Å². The molecule has 1 atom stereocenters. The van der Waals surface area contributed by atoms with Crippen LogP contribution in [0.3, 0.4) is 0 Å². The molecular formula is C21H23ClN4O2S. The van der Waals surface area contributed by atoms with Gasteiger partial charge in [-0.15, -0.1) is 11.3 Å². The van der Waals surface area contributed by atoms with Gasteiger partial charge < -0.3 is 15.0 Å². The van der Waals surface area contributed by atoms with Gasteiger partial charge in [-0.3, -0.25) is 4.79 Å². The monoisotopic (exact) mass is 430 g/mol. The Morgan fingerprint density at radius 2 is 2.24 bits per heavy atom. The molecule has 3 heterocycles. The highest BCUT2D eigenvalue weighted by Gasteiger charge is 2.28. The summed E-state index contributed by atoms with van der Waals surface area (Å²) < 4.78 is 5.17. The standard InChI is InChI=1S/C21H23ClN4O2S/c1-3-15-10-16-19(23-12-24-21(16)29-15)26-8-4-5-13(11-26)20(27)25-14-6-7-18(28-2)17(22)9-14/h6-7,9-10,12-13H,3-5,8,11H2,1-2H3,(H,25,27)/t13-/m1/s1. The van der Waals surface area contributed by atoms with Crippen molar-refractivity contribution in [3.63, 3.8) is 0 Å². The van der Waals surface area contributed by atoms with Crippen molar-refractivity contribution in [2.45, 2.75) is 26.2 Å². The third kappa shape index (κ3) is 4.16. The van der Waals surface area contributed by atoms with E-state index in [4.69, 9.17) is 16.3 Å². The molecule has 1 fully saturated rings. The maximum absolute atomic E-state index is 12.9. The Hall–Kier alpha value is -2.38. The summed E-state index contributed by atoms with van der Waals surface area (Å²) in [4.78, 5) is 26.4. The molecule has 29 heavy (non-hydrogen) atoms. The first-order valence-electron chi connectivity index (χ1n) is 9.71. The van der Waals surface area contributed by atoms with Crippen molar-refractivity contribution in [3.05, 3.63) is 40.5 Å². The number of amides is 1. The Labute approximate surface area is 178 Å². The number of aromatic nitrogens is 2. The molecule has 0 unspecified atom stereocenters. The number of halogens is 1. The van der Waals surface area contributed by atoms with Crippen LogP contribution in [0.15, 0.2) is 30.6 Å². The number of benzene rings is 1. The molecule has 3 aromatic rings. The molecule has 0 spiro atoms. The first-order chi connectivity index (χ1) is 14.1. The molecule has 1 saturated heterocycles. The van der Waals surface area contributed by atoms with Crippen molar-refractivity contribution in [1.29, 1.82) is 0 Å². The van der Waals surface area contributed by atoms with Crippen molar-refractivity contribution >= 4 is 50.6 Å². The van der Waals surface area contributed by atoms with Crippen LogP contribution < -0.4 is 15.0 Å². The Kier molecular flexibility index (Phi) is 5.87. The SMILES string of the molecule is CCc1cc2c(N3CCC[C@@H](C(=O)Nc4ccc(OC)c(Cl)c4)C3)ncnc2s1. The summed E-state index contributed by atoms with van der Waals surface area (Å²) in [6.07, 6.45) is 4.40. The van der Waals surface area contributed by atoms with E-state index in [1.165, 1.54) is 4.88 Å². The minimum Gasteiger partial charge on any atom is -0.495 e. The molecule has 0 saturated carbocycles. The van der Waals surface area contributed by atoms with Crippen LogP contribution in [-0.4, -0.2) is 36.1 Å². The number of nitrogens with zero attached hydrogens (tertiary/aromatic N) is 3. The van der Waals surface area contributed by atoms with Crippen molar-refractivity contribution in [2.75, 3.05) is 30.4 Å². The normalized spacial score (nSPS) is 16.8. The van der Waals surface area contributed by atoms with E-state index in [0.717, 1.165) is 41.8 Å². The number of aryl methyl sites for hydroxylation is 1. The van der Waals surface area contributed by atoms with Gasteiger partial charge in [-0.05, 0) is 43.5 Å². The van der Waals surface area contributed by atoms with Gasteiger partial charge in [-0.1, -0.05) is 18.5 Å². The van der Waals surface area contributed by atoms with E-state index in [0.29, 0.717) is 23.0 Å². The first-order valence-corrected chi connectivity index (χ1v) is 10.9. The summed E-state index contributed by atoms with van der Waals surface area (Å²) in [5.41, 5.74) is 0.674. The fourth-order valence-electron chi connectivity index (χ4n) is 3.69. The minimum atomic E-state index is -0.112. The second-order valence-electron chi connectivity index (χ2n) is 7.11. The molecule has 1 aromatic carbocycles. The topological polar surface area (TPSA) is 67.4 Å². The number of carbonyl (C=O) groups is 1. The van der Waals surface area contributed by atoms with Crippen LogP contribution >= 0.6 is 22.9 Å². The average Bonchev–Trinajstić information content (AvgIpc) is 3.17. The van der Waals surface area contributed by atoms with Crippen LogP contribution in [0.25, 0.3) is 10.2 Å². The molecule has 2 aromatic heterocycles. The zero-order valence-electron chi connectivity index (χ0n) is 16.4. The van der Waals surface area contributed by atoms with Gasteiger partial charge in [0.05, 0.1) is 23.4 Å². The Morgan fingerprint density at radius 1 is 1.38 bits per heavy atom. The molecule has 152 valence electrons. The molecule has 1 amide bonds. The zero-order chi connectivity index (χ0) is 20.4. The molecule has 1 aliphatic rings. The molecule has 8 heteroatoms. The smallest absolute Gasteiger partial charge is 0.229 e. The zero-order valence-corrected chi connectivity index (χ0v) is 18.0. The van der Waals surface area contributed by atoms with E-state index < -0.39 is 0 Å². The number of carbonyl (C=O) groups excluding carboxylic acids is 1. The fourth-order valence-corrected chi connectivity index (χ4v) is 4.88. The predicted octanol–water partition coefficient (Wildman–Crippen LogP) is 4.77. The van der Waals surface area contributed by atoms with Gasteiger partial charge in [0.1, 0.15) is 22.7 Å². The number of fused-ring (bicyclic) bond motifs is 1. The largest absolute Gasteiger partial charge is 0.495 e. The summed E-state index contributed by atoms with van der Waals surface area (Å²) in [6.45, 7) is 3.67. The van der Waals surface area contributed by atoms with Crippen molar-refractivity contribution in [1.82, 2.24) is 9.97 Å². The summed E-state index contributed by atoms with van der Waals surface area (Å²) in [7, 11) is 1.57. The van der Waals surface area contributed by atoms with E-state index in [-0.39, 0.29) is 11.8 Å². The van der Waals surface area contributed by atoms with Gasteiger partial charge in [0.15, 0.2) is 0 Å². The molecule has 0 radical (unpaired) electrons. The third-order valence-electron chi connectivity index (χ3n) is 5.22. The average molecular weight is 431 g/mol. The van der Waals surface area contributed by atoms with E-state index in [9.17, 15) is 4.79 Å². The number of thiophene rings is 1. The lowest BCUT2D eigenvalue weighted by Crippen LogP contribution is -2.41. The second kappa shape index (κ2) is 8.55. The number of methoxy groups -OCH3 is 1. The lowest BCUT2D eigenvalue weighted by molar-refractivity contribution is -0.120. The van der Waals surface area contributed by atoms with Gasteiger partial charge in [0.25, 0.3) is 0 Å². The van der Waals surface area contributed by atoms with Crippen LogP contribution in [0.2, 0.25) is 5.02 Å². The number of ether oxygens (including phenoxy) is 1. The molecule has 4 rings (SSSR count). The maximum atomic E-state index is 12.9. The van der Waals surface area contributed by atoms with E-state index in [1.807, 2.05) is 0 Å². The van der Waals surface area contributed by atoms with E-state index in [1.54, 1.807) is 43.0 Å². The number of rotatable bonds is 5. The highest BCUT2D eigenvalue weighted by atomic mass is 35.5. The van der Waals surface area contributed by atoms with Gasteiger partial charge in [-0.25, -0.2) is 9.97 Å². The van der Waals surface area contributed by atoms with E-state index in [2.05, 4.69) is 33.2 Å². The lowest BCUT2D eigenvalue weighted by Gasteiger charge is -2.33. The summed E-state index contributed by atoms with van der Waals surface area (Å²) in [5.74, 6) is 1.40. The third-order valence-corrected chi connectivity index (χ3v) is 6.70. The van der Waals surface area contributed by atoms with Crippen molar-refractivity contribution in [2.24, 2.45) is 5.92 Å². The molecule has 0 bridgehead atoms. The van der Waals surface area contributed by atoms with Gasteiger partial charge in [0.2, 0.25) is 5.91 Å². The molecule has 1 aliphatic heterocycles. The summed E-state index contributed by atoms with van der Waals surface area (Å²) >= 11 is 7.88. The van der Waals surface area contributed by atoms with Crippen LogP contribution in [0.1, 0.15) is 24.6 Å². The highest BCUT2D eigenvalue weighted by Crippen LogP contribution is 2.33. The molecular weight excluding hydrogens is 408 g/mol. The van der Waals surface area contributed by atoms with Crippen LogP contribution in [0, 0.1) is 5.92 Å². The van der Waals surface area contributed by atoms with Crippen LogP contribution in [-0.2, 0) is 11.2 Å². The number of anilines is 2. The summed E-state index contributed by atoms with van der Waals surface area (Å²) in [6, 6.07) is 7.45. The van der Waals surface area contributed by atoms with Gasteiger partial charge >= 0.3 is 0 Å². The highest BCUT2D eigenvalue weighted by molar-refractivity contribution is 7.18. The predicted molar refractivity (Wildman–Crippen MR) is 118 cm³/mol. The maximum Gasteiger partial charge on any atom is 0.229 e. The number of hydrogen-bond donors (Lipinski definition) is 1. The summed E-state index contributed by atoms with van der Waals surface area (Å²) in [5, 5.41) is 4.55. The Bertz CT molecular complexity index is 1040. The Balaban J connectivity index is 1.50. The van der Waals surface area contributed by atoms with Crippen LogP contribution in [0.5, 0.6) is 5.75 Å². The quantitative estimate of drug-likeness (QED) is 0.631. The van der Waals surface area contributed by atoms with E-state index >= 15 is 0 Å². The minimum absolute atomic E-state index is 0.000740. The Morgan fingerprint density at radius 3 is 3.00 bits per heavy atom. The number of hydrogen-bond acceptors (Lipinski definition) is 6. The molecule has 1 N–H and O–H groups in total.